The van der Waals surface area contributed by atoms with E-state index in [1.54, 1.807) is 12.3 Å². The van der Waals surface area contributed by atoms with Crippen molar-refractivity contribution in [3.8, 4) is 0 Å². The van der Waals surface area contributed by atoms with Gasteiger partial charge in [-0.15, -0.1) is 0 Å². The van der Waals surface area contributed by atoms with E-state index in [-0.39, 0.29) is 18.0 Å². The van der Waals surface area contributed by atoms with E-state index in [0.29, 0.717) is 11.3 Å². The van der Waals surface area contributed by atoms with Crippen molar-refractivity contribution in [3.63, 3.8) is 0 Å². The molecular weight excluding hydrogens is 270 g/mol. The van der Waals surface area contributed by atoms with Crippen molar-refractivity contribution >= 4 is 11.6 Å². The van der Waals surface area contributed by atoms with Gasteiger partial charge in [0, 0.05) is 18.8 Å². The van der Waals surface area contributed by atoms with Crippen LogP contribution in [0.1, 0.15) is 24.1 Å². The Morgan fingerprint density at radius 2 is 2.33 bits per heavy atom. The summed E-state index contributed by atoms with van der Waals surface area (Å²) in [7, 11) is 0. The van der Waals surface area contributed by atoms with Gasteiger partial charge >= 0.3 is 5.97 Å². The molecule has 0 aromatic carbocycles. The van der Waals surface area contributed by atoms with Gasteiger partial charge in [0.1, 0.15) is 11.7 Å². The second-order valence-electron chi connectivity index (χ2n) is 5.50. The number of hydrogen-bond donors (Lipinski definition) is 2. The number of aliphatic carboxylic acids is 1. The molecule has 1 unspecified atom stereocenters. The number of carboxylic acids is 1. The smallest absolute Gasteiger partial charge is 0.320 e. The highest BCUT2D eigenvalue weighted by Gasteiger charge is 2.35. The van der Waals surface area contributed by atoms with Crippen molar-refractivity contribution in [2.24, 2.45) is 5.92 Å². The molecule has 21 heavy (non-hydrogen) atoms. The molecule has 3 rings (SSSR count). The fourth-order valence-electron chi connectivity index (χ4n) is 2.50. The second-order valence-corrected chi connectivity index (χ2v) is 5.50. The average molecular weight is 287 g/mol. The summed E-state index contributed by atoms with van der Waals surface area (Å²) in [5.41, 5.74) is 1.94. The van der Waals surface area contributed by atoms with E-state index < -0.39 is 12.0 Å². The largest absolute Gasteiger partial charge is 0.480 e. The molecule has 2 aromatic rings. The minimum atomic E-state index is -0.841. The third-order valence-corrected chi connectivity index (χ3v) is 3.80. The van der Waals surface area contributed by atoms with Gasteiger partial charge in [0.05, 0.1) is 5.69 Å². The zero-order valence-electron chi connectivity index (χ0n) is 11.7. The normalized spacial score (nSPS) is 16.0. The lowest BCUT2D eigenvalue weighted by Gasteiger charge is -2.13. The maximum atomic E-state index is 12.1. The molecule has 1 saturated carbocycles. The van der Waals surface area contributed by atoms with Crippen LogP contribution in [0.4, 0.5) is 0 Å². The van der Waals surface area contributed by atoms with Crippen molar-refractivity contribution in [2.75, 3.05) is 0 Å². The Kier molecular flexibility index (Phi) is 3.47. The number of carboxylic acid groups (broad SMARTS) is 1. The van der Waals surface area contributed by atoms with Crippen LogP contribution < -0.4 is 10.9 Å². The van der Waals surface area contributed by atoms with Crippen molar-refractivity contribution in [2.45, 2.75) is 32.4 Å². The molecule has 0 bridgehead atoms. The first-order chi connectivity index (χ1) is 10.1. The Morgan fingerprint density at radius 3 is 3.00 bits per heavy atom. The van der Waals surface area contributed by atoms with E-state index in [9.17, 15) is 14.7 Å². The van der Waals surface area contributed by atoms with Crippen LogP contribution in [-0.4, -0.2) is 26.5 Å². The van der Waals surface area contributed by atoms with Gasteiger partial charge in [-0.1, -0.05) is 6.07 Å². The molecule has 2 heterocycles. The molecule has 0 saturated heterocycles. The van der Waals surface area contributed by atoms with Crippen LogP contribution in [0, 0.1) is 12.8 Å². The van der Waals surface area contributed by atoms with Crippen LogP contribution in [0.3, 0.4) is 0 Å². The maximum Gasteiger partial charge on any atom is 0.320 e. The van der Waals surface area contributed by atoms with Crippen LogP contribution in [0.5, 0.6) is 0 Å². The number of nitrogens with one attached hydrogen (secondary N) is 1. The molecule has 0 spiro atoms. The number of hydrogen-bond acceptors (Lipinski definition) is 4. The molecular formula is C15H17N3O3. The summed E-state index contributed by atoms with van der Waals surface area (Å²) in [5, 5.41) is 12.2. The van der Waals surface area contributed by atoms with Gasteiger partial charge in [-0.05, 0) is 37.3 Å². The van der Waals surface area contributed by atoms with Gasteiger partial charge in [-0.3, -0.25) is 19.3 Å². The van der Waals surface area contributed by atoms with Crippen LogP contribution in [0.15, 0.2) is 29.2 Å². The Hall–Kier alpha value is -2.21. The second kappa shape index (κ2) is 5.29. The summed E-state index contributed by atoms with van der Waals surface area (Å²) < 4.78 is 1.49. The predicted molar refractivity (Wildman–Crippen MR) is 77.2 cm³/mol. The van der Waals surface area contributed by atoms with Crippen LogP contribution in [0.2, 0.25) is 0 Å². The number of nitrogens with zero attached hydrogens (tertiary/aromatic N) is 2. The third-order valence-electron chi connectivity index (χ3n) is 3.80. The minimum Gasteiger partial charge on any atom is -0.480 e. The van der Waals surface area contributed by atoms with Crippen LogP contribution in [-0.2, 0) is 11.3 Å². The van der Waals surface area contributed by atoms with E-state index in [2.05, 4.69) is 10.3 Å². The fourth-order valence-corrected chi connectivity index (χ4v) is 2.50. The zero-order chi connectivity index (χ0) is 15.0. The molecule has 2 N–H and O–H groups in total. The first-order valence-corrected chi connectivity index (χ1v) is 7.00. The molecule has 0 aliphatic heterocycles. The van der Waals surface area contributed by atoms with Gasteiger partial charge in [0.2, 0.25) is 0 Å². The quantitative estimate of drug-likeness (QED) is 0.855. The third kappa shape index (κ3) is 2.80. The van der Waals surface area contributed by atoms with Crippen LogP contribution >= 0.6 is 0 Å². The van der Waals surface area contributed by atoms with Crippen molar-refractivity contribution in [1.82, 2.24) is 14.7 Å². The number of carbonyl (C=O) groups is 1. The molecule has 0 amide bonds. The Morgan fingerprint density at radius 1 is 1.57 bits per heavy atom. The molecule has 1 fully saturated rings. The number of fused-ring (bicyclic) bond motifs is 1. The van der Waals surface area contributed by atoms with Gasteiger partial charge in [0.15, 0.2) is 0 Å². The molecule has 6 nitrogen and oxygen atoms in total. The van der Waals surface area contributed by atoms with Crippen molar-refractivity contribution < 1.29 is 9.90 Å². The van der Waals surface area contributed by atoms with Crippen LogP contribution in [0.25, 0.3) is 5.65 Å². The molecule has 2 aromatic heterocycles. The summed E-state index contributed by atoms with van der Waals surface area (Å²) in [6.45, 7) is 2.18. The average Bonchev–Trinajstić information content (AvgIpc) is 3.24. The summed E-state index contributed by atoms with van der Waals surface area (Å²) >= 11 is 0. The summed E-state index contributed by atoms with van der Waals surface area (Å²) in [6, 6.07) is 4.59. The lowest BCUT2D eigenvalue weighted by atomic mass is 10.2. The van der Waals surface area contributed by atoms with Crippen molar-refractivity contribution in [3.05, 3.63) is 46.0 Å². The summed E-state index contributed by atoms with van der Waals surface area (Å²) in [6.07, 6.45) is 3.56. The monoisotopic (exact) mass is 287 g/mol. The number of pyridine rings is 1. The summed E-state index contributed by atoms with van der Waals surface area (Å²) in [4.78, 5) is 27.7. The molecule has 0 radical (unpaired) electrons. The Bertz CT molecular complexity index is 749. The van der Waals surface area contributed by atoms with E-state index >= 15 is 0 Å². The van der Waals surface area contributed by atoms with Gasteiger partial charge in [-0.25, -0.2) is 4.98 Å². The maximum absolute atomic E-state index is 12.1. The number of rotatable bonds is 5. The van der Waals surface area contributed by atoms with Gasteiger partial charge in [0.25, 0.3) is 5.56 Å². The number of aryl methyl sites for hydroxylation is 1. The first kappa shape index (κ1) is 13.8. The fraction of sp³-hybridized carbons (Fsp3) is 0.400. The molecule has 1 aliphatic rings. The SMILES string of the molecule is Cc1cccn2c(=O)cc(CNC(C(=O)O)C3CC3)nc12. The Balaban J connectivity index is 1.86. The molecule has 1 atom stereocenters. The van der Waals surface area contributed by atoms with Gasteiger partial charge < -0.3 is 5.11 Å². The highest BCUT2D eigenvalue weighted by atomic mass is 16.4. The van der Waals surface area contributed by atoms with E-state index in [1.165, 1.54) is 10.5 Å². The topological polar surface area (TPSA) is 83.7 Å². The van der Waals surface area contributed by atoms with E-state index in [1.807, 2.05) is 13.0 Å². The summed E-state index contributed by atoms with van der Waals surface area (Å²) in [5.74, 6) is -0.642. The lowest BCUT2D eigenvalue weighted by Crippen LogP contribution is -2.38. The highest BCUT2D eigenvalue weighted by molar-refractivity contribution is 5.74. The van der Waals surface area contributed by atoms with Gasteiger partial charge in [-0.2, -0.15) is 0 Å². The first-order valence-electron chi connectivity index (χ1n) is 7.00. The minimum absolute atomic E-state index is 0.154. The molecule has 1 aliphatic carbocycles. The predicted octanol–water partition coefficient (Wildman–Crippen LogP) is 0.956. The lowest BCUT2D eigenvalue weighted by molar-refractivity contribution is -0.140. The Labute approximate surface area is 121 Å². The highest BCUT2D eigenvalue weighted by Crippen LogP contribution is 2.32. The van der Waals surface area contributed by atoms with E-state index in [0.717, 1.165) is 18.4 Å². The zero-order valence-corrected chi connectivity index (χ0v) is 11.7. The standard InChI is InChI=1S/C15H17N3O3/c1-9-3-2-6-18-12(19)7-11(17-14(9)18)8-16-13(15(20)21)10-4-5-10/h2-3,6-7,10,13,16H,4-5,8H2,1H3,(H,20,21). The number of aromatic nitrogens is 2. The molecule has 110 valence electrons. The van der Waals surface area contributed by atoms with Crippen molar-refractivity contribution in [1.29, 1.82) is 0 Å². The van der Waals surface area contributed by atoms with E-state index in [4.69, 9.17) is 0 Å². The molecule has 6 heteroatoms.